The molecule has 8 heteroatoms. The minimum absolute atomic E-state index is 0.116. The molecule has 0 aromatic carbocycles. The van der Waals surface area contributed by atoms with Gasteiger partial charge in [-0.25, -0.2) is 18.1 Å². The molecular formula is C14H26N4O2S2. The fourth-order valence-corrected chi connectivity index (χ4v) is 3.17. The molecule has 0 saturated carbocycles. The highest BCUT2D eigenvalue weighted by molar-refractivity contribution is 7.89. The monoisotopic (exact) mass is 346 g/mol. The summed E-state index contributed by atoms with van der Waals surface area (Å²) in [6.45, 7) is 8.28. The maximum absolute atomic E-state index is 11.3. The van der Waals surface area contributed by atoms with Crippen molar-refractivity contribution in [2.24, 2.45) is 4.99 Å². The Morgan fingerprint density at radius 1 is 1.27 bits per heavy atom. The van der Waals surface area contributed by atoms with Crippen molar-refractivity contribution in [2.75, 3.05) is 25.4 Å². The van der Waals surface area contributed by atoms with Gasteiger partial charge >= 0.3 is 0 Å². The fraction of sp³-hybridized carbons (Fsp3) is 0.643. The van der Waals surface area contributed by atoms with E-state index in [-0.39, 0.29) is 5.75 Å². The van der Waals surface area contributed by atoms with Crippen LogP contribution < -0.4 is 15.4 Å². The summed E-state index contributed by atoms with van der Waals surface area (Å²) in [6.07, 6.45) is 0.710. The first-order chi connectivity index (χ1) is 10.5. The molecule has 1 heterocycles. The number of sulfonamides is 1. The highest BCUT2D eigenvalue weighted by Gasteiger charge is 2.05. The first-order valence-corrected chi connectivity index (χ1v) is 10.0. The van der Waals surface area contributed by atoms with Gasteiger partial charge in [0.05, 0.1) is 12.3 Å². The summed E-state index contributed by atoms with van der Waals surface area (Å²) in [5.74, 6) is 0.874. The number of hydrogen-bond donors (Lipinski definition) is 3. The lowest BCUT2D eigenvalue weighted by Crippen LogP contribution is -2.38. The molecule has 1 rings (SSSR count). The summed E-state index contributed by atoms with van der Waals surface area (Å²) < 4.78 is 25.1. The summed E-state index contributed by atoms with van der Waals surface area (Å²) >= 11 is 1.71. The van der Waals surface area contributed by atoms with Gasteiger partial charge in [0, 0.05) is 24.5 Å². The quantitative estimate of drug-likeness (QED) is 0.359. The molecule has 0 aliphatic rings. The summed E-state index contributed by atoms with van der Waals surface area (Å²) in [6, 6.07) is 2.09. The number of guanidine groups is 1. The number of thiophene rings is 1. The van der Waals surface area contributed by atoms with Gasteiger partial charge in [0.2, 0.25) is 10.0 Å². The van der Waals surface area contributed by atoms with E-state index >= 15 is 0 Å². The molecule has 0 saturated heterocycles. The second-order valence-corrected chi connectivity index (χ2v) is 7.90. The third-order valence-corrected chi connectivity index (χ3v) is 5.45. The highest BCUT2D eigenvalue weighted by Crippen LogP contribution is 2.16. The normalized spacial score (nSPS) is 12.4. The van der Waals surface area contributed by atoms with E-state index in [4.69, 9.17) is 0 Å². The van der Waals surface area contributed by atoms with Crippen LogP contribution in [0.4, 0.5) is 0 Å². The molecule has 0 amide bonds. The maximum Gasteiger partial charge on any atom is 0.211 e. The van der Waals surface area contributed by atoms with E-state index in [1.165, 1.54) is 10.4 Å². The van der Waals surface area contributed by atoms with Gasteiger partial charge in [0.15, 0.2) is 5.96 Å². The number of rotatable bonds is 9. The van der Waals surface area contributed by atoms with Crippen LogP contribution >= 0.6 is 11.3 Å². The molecule has 0 fully saturated rings. The molecule has 0 bridgehead atoms. The Morgan fingerprint density at radius 2 is 2.05 bits per heavy atom. The number of hydrogen-bond acceptors (Lipinski definition) is 4. The van der Waals surface area contributed by atoms with Gasteiger partial charge in [-0.1, -0.05) is 0 Å². The van der Waals surface area contributed by atoms with Crippen molar-refractivity contribution in [3.8, 4) is 0 Å². The van der Waals surface area contributed by atoms with Crippen LogP contribution in [0.5, 0.6) is 0 Å². The topological polar surface area (TPSA) is 82.6 Å². The zero-order valence-electron chi connectivity index (χ0n) is 13.5. The van der Waals surface area contributed by atoms with Gasteiger partial charge in [0.1, 0.15) is 0 Å². The average Bonchev–Trinajstić information content (AvgIpc) is 2.89. The van der Waals surface area contributed by atoms with E-state index in [1.54, 1.807) is 18.3 Å². The van der Waals surface area contributed by atoms with Crippen LogP contribution in [0.25, 0.3) is 0 Å². The Hall–Kier alpha value is -1.12. The van der Waals surface area contributed by atoms with Crippen LogP contribution in [-0.4, -0.2) is 39.8 Å². The van der Waals surface area contributed by atoms with Crippen LogP contribution in [-0.2, 0) is 16.6 Å². The Labute approximate surface area is 137 Å². The Bertz CT molecular complexity index is 567. The number of aryl methyl sites for hydroxylation is 1. The Morgan fingerprint density at radius 3 is 2.64 bits per heavy atom. The largest absolute Gasteiger partial charge is 0.357 e. The number of aliphatic imine (C=N–C) groups is 1. The molecular weight excluding hydrogens is 320 g/mol. The molecule has 0 atom stereocenters. The molecule has 1 aromatic rings. The van der Waals surface area contributed by atoms with E-state index < -0.39 is 10.0 Å². The van der Waals surface area contributed by atoms with Crippen molar-refractivity contribution in [1.29, 1.82) is 0 Å². The van der Waals surface area contributed by atoms with E-state index in [2.05, 4.69) is 38.7 Å². The second kappa shape index (κ2) is 9.81. The predicted molar refractivity (Wildman–Crippen MR) is 94.0 cm³/mol. The summed E-state index contributed by atoms with van der Waals surface area (Å²) in [5.41, 5.74) is 1.26. The Balaban J connectivity index is 2.36. The fourth-order valence-electron chi connectivity index (χ4n) is 1.68. The molecule has 3 N–H and O–H groups in total. The number of nitrogens with zero attached hydrogens (tertiary/aromatic N) is 1. The summed E-state index contributed by atoms with van der Waals surface area (Å²) in [7, 11) is -3.10. The highest BCUT2D eigenvalue weighted by atomic mass is 32.2. The minimum Gasteiger partial charge on any atom is -0.357 e. The molecule has 0 spiro atoms. The zero-order chi connectivity index (χ0) is 16.4. The maximum atomic E-state index is 11.3. The van der Waals surface area contributed by atoms with Gasteiger partial charge in [-0.05, 0) is 44.2 Å². The van der Waals surface area contributed by atoms with Crippen molar-refractivity contribution in [1.82, 2.24) is 15.4 Å². The van der Waals surface area contributed by atoms with Crippen LogP contribution in [0.1, 0.15) is 30.7 Å². The lowest BCUT2D eigenvalue weighted by atomic mass is 10.3. The first-order valence-electron chi connectivity index (χ1n) is 7.51. The van der Waals surface area contributed by atoms with E-state index in [0.29, 0.717) is 26.1 Å². The lowest BCUT2D eigenvalue weighted by Gasteiger charge is -2.11. The summed E-state index contributed by atoms with van der Waals surface area (Å²) in [4.78, 5) is 5.80. The SMILES string of the molecule is CCNC(=NCc1sccc1C)NCCCNS(=O)(=O)CC. The van der Waals surface area contributed by atoms with Crippen LogP contribution in [0.3, 0.4) is 0 Å². The Kier molecular flexibility index (Phi) is 8.44. The third-order valence-electron chi connectivity index (χ3n) is 3.04. The zero-order valence-corrected chi connectivity index (χ0v) is 15.1. The van der Waals surface area contributed by atoms with E-state index in [9.17, 15) is 8.42 Å². The molecule has 126 valence electrons. The first kappa shape index (κ1) is 18.9. The van der Waals surface area contributed by atoms with E-state index in [1.807, 2.05) is 6.92 Å². The van der Waals surface area contributed by atoms with Crippen molar-refractivity contribution < 1.29 is 8.42 Å². The van der Waals surface area contributed by atoms with Crippen LogP contribution in [0.2, 0.25) is 0 Å². The molecule has 0 aliphatic heterocycles. The average molecular weight is 347 g/mol. The molecule has 1 aromatic heterocycles. The van der Waals surface area contributed by atoms with Gasteiger partial charge in [-0.2, -0.15) is 0 Å². The van der Waals surface area contributed by atoms with Crippen LogP contribution in [0.15, 0.2) is 16.4 Å². The van der Waals surface area contributed by atoms with Crippen molar-refractivity contribution in [3.63, 3.8) is 0 Å². The van der Waals surface area contributed by atoms with E-state index in [0.717, 1.165) is 12.5 Å². The van der Waals surface area contributed by atoms with Gasteiger partial charge in [0.25, 0.3) is 0 Å². The third kappa shape index (κ3) is 7.24. The molecule has 0 radical (unpaired) electrons. The molecule has 22 heavy (non-hydrogen) atoms. The minimum atomic E-state index is -3.10. The number of nitrogens with one attached hydrogen (secondary N) is 3. The summed E-state index contributed by atoms with van der Waals surface area (Å²) in [5, 5.41) is 8.47. The second-order valence-electron chi connectivity index (χ2n) is 4.80. The predicted octanol–water partition coefficient (Wildman–Crippen LogP) is 1.44. The van der Waals surface area contributed by atoms with Crippen molar-refractivity contribution in [2.45, 2.75) is 33.7 Å². The molecule has 0 unspecified atom stereocenters. The standard InChI is InChI=1S/C14H26N4O2S2/c1-4-15-14(17-11-13-12(3)7-10-21-13)16-8-6-9-18-22(19,20)5-2/h7,10,18H,4-6,8-9,11H2,1-3H3,(H2,15,16,17). The van der Waals surface area contributed by atoms with Gasteiger partial charge < -0.3 is 10.6 Å². The molecule has 0 aliphatic carbocycles. The lowest BCUT2D eigenvalue weighted by molar-refractivity contribution is 0.579. The van der Waals surface area contributed by atoms with Gasteiger partial charge in [-0.15, -0.1) is 11.3 Å². The van der Waals surface area contributed by atoms with Gasteiger partial charge in [-0.3, -0.25) is 0 Å². The van der Waals surface area contributed by atoms with Crippen LogP contribution in [0, 0.1) is 6.92 Å². The smallest absolute Gasteiger partial charge is 0.211 e. The van der Waals surface area contributed by atoms with Crippen molar-refractivity contribution >= 4 is 27.3 Å². The molecule has 6 nitrogen and oxygen atoms in total. The van der Waals surface area contributed by atoms with Crippen molar-refractivity contribution in [3.05, 3.63) is 21.9 Å².